The molecule has 1 aromatic heterocycles. The van der Waals surface area contributed by atoms with Crippen LogP contribution in [-0.4, -0.2) is 26.8 Å². The highest BCUT2D eigenvalue weighted by molar-refractivity contribution is 6.31. The van der Waals surface area contributed by atoms with Gasteiger partial charge in [0.05, 0.1) is 5.69 Å². The Morgan fingerprint density at radius 1 is 1.44 bits per heavy atom. The van der Waals surface area contributed by atoms with Gasteiger partial charge in [0.1, 0.15) is 0 Å². The van der Waals surface area contributed by atoms with E-state index >= 15 is 0 Å². The molecule has 2 N–H and O–H groups in total. The van der Waals surface area contributed by atoms with E-state index in [1.54, 1.807) is 0 Å². The molecular formula is C10H12ClN5. The lowest BCUT2D eigenvalue weighted by Crippen LogP contribution is -2.05. The quantitative estimate of drug-likeness (QED) is 0.869. The molecule has 84 valence electrons. The zero-order valence-electron chi connectivity index (χ0n) is 8.89. The minimum atomic E-state index is 0.514. The van der Waals surface area contributed by atoms with Crippen LogP contribution in [0.2, 0.25) is 5.02 Å². The molecule has 0 atom stereocenters. The molecule has 0 unspecified atom stereocenters. The average molecular weight is 238 g/mol. The van der Waals surface area contributed by atoms with Crippen molar-refractivity contribution in [2.24, 2.45) is 5.73 Å². The summed E-state index contributed by atoms with van der Waals surface area (Å²) < 4.78 is 0. The summed E-state index contributed by atoms with van der Waals surface area (Å²) in [5.41, 5.74) is 7.23. The standard InChI is InChI=1S/C10H12ClN5/c1-7-2-3-8(6-9(7)11)16-14-10(4-5-12)13-15-16/h2-3,6H,4-5,12H2,1H3. The van der Waals surface area contributed by atoms with Crippen LogP contribution < -0.4 is 5.73 Å². The zero-order chi connectivity index (χ0) is 11.5. The monoisotopic (exact) mass is 237 g/mol. The van der Waals surface area contributed by atoms with E-state index in [0.717, 1.165) is 11.3 Å². The number of aryl methyl sites for hydroxylation is 1. The molecule has 2 rings (SSSR count). The van der Waals surface area contributed by atoms with E-state index in [1.807, 2.05) is 25.1 Å². The van der Waals surface area contributed by atoms with Crippen molar-refractivity contribution in [2.45, 2.75) is 13.3 Å². The lowest BCUT2D eigenvalue weighted by Gasteiger charge is -2.01. The molecule has 0 aliphatic carbocycles. The summed E-state index contributed by atoms with van der Waals surface area (Å²) in [5, 5.41) is 12.7. The molecule has 0 aliphatic rings. The van der Waals surface area contributed by atoms with Crippen LogP contribution >= 0.6 is 11.6 Å². The van der Waals surface area contributed by atoms with Crippen LogP contribution in [0.5, 0.6) is 0 Å². The zero-order valence-corrected chi connectivity index (χ0v) is 9.65. The van der Waals surface area contributed by atoms with Crippen molar-refractivity contribution in [3.05, 3.63) is 34.6 Å². The predicted octanol–water partition coefficient (Wildman–Crippen LogP) is 1.13. The number of aromatic nitrogens is 4. The van der Waals surface area contributed by atoms with Gasteiger partial charge in [0.2, 0.25) is 0 Å². The second-order valence-electron chi connectivity index (χ2n) is 3.47. The van der Waals surface area contributed by atoms with Gasteiger partial charge in [0.25, 0.3) is 0 Å². The van der Waals surface area contributed by atoms with Crippen LogP contribution in [0.1, 0.15) is 11.4 Å². The smallest absolute Gasteiger partial charge is 0.176 e. The summed E-state index contributed by atoms with van der Waals surface area (Å²) >= 11 is 6.02. The van der Waals surface area contributed by atoms with E-state index in [-0.39, 0.29) is 0 Å². The third kappa shape index (κ3) is 2.20. The van der Waals surface area contributed by atoms with Gasteiger partial charge >= 0.3 is 0 Å². The van der Waals surface area contributed by atoms with Gasteiger partial charge in [-0.3, -0.25) is 0 Å². The highest BCUT2D eigenvalue weighted by Gasteiger charge is 2.05. The molecule has 5 nitrogen and oxygen atoms in total. The van der Waals surface area contributed by atoms with Crippen molar-refractivity contribution in [2.75, 3.05) is 6.54 Å². The summed E-state index contributed by atoms with van der Waals surface area (Å²) in [5.74, 6) is 0.638. The predicted molar refractivity (Wildman–Crippen MR) is 61.7 cm³/mol. The van der Waals surface area contributed by atoms with Crippen molar-refractivity contribution in [1.82, 2.24) is 20.2 Å². The fourth-order valence-electron chi connectivity index (χ4n) is 1.29. The Bertz CT molecular complexity index is 494. The lowest BCUT2D eigenvalue weighted by atomic mass is 10.2. The Hall–Kier alpha value is -1.46. The molecule has 0 fully saturated rings. The minimum absolute atomic E-state index is 0.514. The number of rotatable bonds is 3. The van der Waals surface area contributed by atoms with Gasteiger partial charge in [-0.05, 0) is 36.4 Å². The third-order valence-corrected chi connectivity index (χ3v) is 2.62. The first-order chi connectivity index (χ1) is 7.70. The first-order valence-corrected chi connectivity index (χ1v) is 5.34. The molecule has 0 saturated heterocycles. The summed E-state index contributed by atoms with van der Waals surface area (Å²) in [6.45, 7) is 2.46. The number of hydrogen-bond donors (Lipinski definition) is 1. The Morgan fingerprint density at radius 3 is 2.94 bits per heavy atom. The molecule has 0 bridgehead atoms. The van der Waals surface area contributed by atoms with Crippen LogP contribution in [0.15, 0.2) is 18.2 Å². The number of nitrogens with two attached hydrogens (primary N) is 1. The molecular weight excluding hydrogens is 226 g/mol. The molecule has 0 aliphatic heterocycles. The maximum absolute atomic E-state index is 6.02. The molecule has 1 heterocycles. The van der Waals surface area contributed by atoms with Gasteiger partial charge in [-0.25, -0.2) is 0 Å². The van der Waals surface area contributed by atoms with Crippen molar-refractivity contribution in [3.8, 4) is 5.69 Å². The fraction of sp³-hybridized carbons (Fsp3) is 0.300. The Balaban J connectivity index is 2.31. The summed E-state index contributed by atoms with van der Waals surface area (Å²) in [4.78, 5) is 1.45. The molecule has 0 radical (unpaired) electrons. The topological polar surface area (TPSA) is 69.6 Å². The molecule has 0 spiro atoms. The van der Waals surface area contributed by atoms with Crippen molar-refractivity contribution in [1.29, 1.82) is 0 Å². The van der Waals surface area contributed by atoms with Gasteiger partial charge in [-0.15, -0.1) is 15.0 Å². The third-order valence-electron chi connectivity index (χ3n) is 2.21. The fourth-order valence-corrected chi connectivity index (χ4v) is 1.46. The molecule has 16 heavy (non-hydrogen) atoms. The van der Waals surface area contributed by atoms with E-state index in [4.69, 9.17) is 17.3 Å². The van der Waals surface area contributed by atoms with Crippen LogP contribution in [0, 0.1) is 6.92 Å². The van der Waals surface area contributed by atoms with Crippen molar-refractivity contribution in [3.63, 3.8) is 0 Å². The molecule has 2 aromatic rings. The minimum Gasteiger partial charge on any atom is -0.330 e. The summed E-state index contributed by atoms with van der Waals surface area (Å²) in [6.07, 6.45) is 0.625. The van der Waals surface area contributed by atoms with Gasteiger partial charge < -0.3 is 5.73 Å². The van der Waals surface area contributed by atoms with E-state index in [0.29, 0.717) is 23.8 Å². The second kappa shape index (κ2) is 4.59. The number of benzene rings is 1. The van der Waals surface area contributed by atoms with E-state index in [9.17, 15) is 0 Å². The van der Waals surface area contributed by atoms with Gasteiger partial charge in [-0.2, -0.15) is 0 Å². The SMILES string of the molecule is Cc1ccc(-n2nnc(CCN)n2)cc1Cl. The normalized spacial score (nSPS) is 10.7. The first-order valence-electron chi connectivity index (χ1n) is 4.96. The summed E-state index contributed by atoms with van der Waals surface area (Å²) in [7, 11) is 0. The highest BCUT2D eigenvalue weighted by Crippen LogP contribution is 2.18. The number of nitrogens with zero attached hydrogens (tertiary/aromatic N) is 4. The van der Waals surface area contributed by atoms with Crippen molar-refractivity contribution < 1.29 is 0 Å². The maximum Gasteiger partial charge on any atom is 0.176 e. The largest absolute Gasteiger partial charge is 0.330 e. The molecule has 1 aromatic carbocycles. The first kappa shape index (κ1) is 11.0. The van der Waals surface area contributed by atoms with Gasteiger partial charge in [0, 0.05) is 11.4 Å². The van der Waals surface area contributed by atoms with E-state index in [2.05, 4.69) is 15.4 Å². The molecule has 0 amide bonds. The van der Waals surface area contributed by atoms with Crippen molar-refractivity contribution >= 4 is 11.6 Å². The van der Waals surface area contributed by atoms with E-state index in [1.165, 1.54) is 4.80 Å². The maximum atomic E-state index is 6.02. The van der Waals surface area contributed by atoms with E-state index < -0.39 is 0 Å². The second-order valence-corrected chi connectivity index (χ2v) is 3.87. The van der Waals surface area contributed by atoms with Gasteiger partial charge in [-0.1, -0.05) is 17.7 Å². The van der Waals surface area contributed by atoms with Gasteiger partial charge in [0.15, 0.2) is 5.82 Å². The number of halogens is 1. The lowest BCUT2D eigenvalue weighted by molar-refractivity contribution is 0.717. The molecule has 6 heteroatoms. The van der Waals surface area contributed by atoms with Crippen LogP contribution in [0.4, 0.5) is 0 Å². The number of hydrogen-bond acceptors (Lipinski definition) is 4. The van der Waals surface area contributed by atoms with Crippen LogP contribution in [0.25, 0.3) is 5.69 Å². The average Bonchev–Trinajstić information content (AvgIpc) is 2.71. The van der Waals surface area contributed by atoms with Crippen LogP contribution in [-0.2, 0) is 6.42 Å². The highest BCUT2D eigenvalue weighted by atomic mass is 35.5. The number of tetrazole rings is 1. The Labute approximate surface area is 98.2 Å². The van der Waals surface area contributed by atoms with Crippen LogP contribution in [0.3, 0.4) is 0 Å². The summed E-state index contributed by atoms with van der Waals surface area (Å²) in [6, 6.07) is 5.63. The Kier molecular flexibility index (Phi) is 3.17. The Morgan fingerprint density at radius 2 is 2.25 bits per heavy atom. The molecule has 0 saturated carbocycles.